The summed E-state index contributed by atoms with van der Waals surface area (Å²) in [6.07, 6.45) is -2.46. The maximum Gasteiger partial charge on any atom is 0.134 e. The Morgan fingerprint density at radius 1 is 1.29 bits per heavy atom. The Labute approximate surface area is 86.0 Å². The fourth-order valence-electron chi connectivity index (χ4n) is 1.03. The quantitative estimate of drug-likeness (QED) is 0.593. The van der Waals surface area contributed by atoms with Gasteiger partial charge in [0, 0.05) is 0 Å². The van der Waals surface area contributed by atoms with Gasteiger partial charge in [0.2, 0.25) is 0 Å². The number of rotatable bonds is 3. The van der Waals surface area contributed by atoms with Gasteiger partial charge in [-0.05, 0) is 17.7 Å². The van der Waals surface area contributed by atoms with E-state index in [2.05, 4.69) is 0 Å². The SMILES string of the molecule is OCC(O)C(O)c1ccc(O)c(Cl)c1. The summed E-state index contributed by atoms with van der Waals surface area (Å²) in [5, 5.41) is 36.4. The Morgan fingerprint density at radius 2 is 1.93 bits per heavy atom. The Morgan fingerprint density at radius 3 is 2.43 bits per heavy atom. The van der Waals surface area contributed by atoms with E-state index in [1.165, 1.54) is 18.2 Å². The van der Waals surface area contributed by atoms with Crippen molar-refractivity contribution in [1.29, 1.82) is 0 Å². The molecule has 0 heterocycles. The summed E-state index contributed by atoms with van der Waals surface area (Å²) < 4.78 is 0. The van der Waals surface area contributed by atoms with Crippen molar-refractivity contribution in [2.45, 2.75) is 12.2 Å². The second-order valence-corrected chi connectivity index (χ2v) is 3.31. The molecule has 1 rings (SSSR count). The van der Waals surface area contributed by atoms with Crippen molar-refractivity contribution in [3.8, 4) is 5.75 Å². The fraction of sp³-hybridized carbons (Fsp3) is 0.333. The van der Waals surface area contributed by atoms with Gasteiger partial charge in [-0.15, -0.1) is 0 Å². The lowest BCUT2D eigenvalue weighted by Crippen LogP contribution is -2.21. The molecule has 0 radical (unpaired) electrons. The number of halogens is 1. The molecular formula is C9H11ClO4. The van der Waals surface area contributed by atoms with Crippen molar-refractivity contribution in [2.24, 2.45) is 0 Å². The molecule has 0 amide bonds. The van der Waals surface area contributed by atoms with Crippen molar-refractivity contribution in [3.05, 3.63) is 28.8 Å². The summed E-state index contributed by atoms with van der Waals surface area (Å²) in [4.78, 5) is 0. The summed E-state index contributed by atoms with van der Waals surface area (Å²) in [6.45, 7) is -0.542. The number of benzene rings is 1. The van der Waals surface area contributed by atoms with E-state index >= 15 is 0 Å². The maximum atomic E-state index is 9.45. The fourth-order valence-corrected chi connectivity index (χ4v) is 1.22. The number of hydrogen-bond donors (Lipinski definition) is 4. The van der Waals surface area contributed by atoms with Gasteiger partial charge in [-0.3, -0.25) is 0 Å². The number of hydrogen-bond acceptors (Lipinski definition) is 4. The summed E-state index contributed by atoms with van der Waals surface area (Å²) in [6, 6.07) is 4.07. The maximum absolute atomic E-state index is 9.45. The van der Waals surface area contributed by atoms with Crippen LogP contribution < -0.4 is 0 Å². The average Bonchev–Trinajstić information content (AvgIpc) is 2.20. The molecule has 2 unspecified atom stereocenters. The van der Waals surface area contributed by atoms with Crippen molar-refractivity contribution in [1.82, 2.24) is 0 Å². The first kappa shape index (κ1) is 11.3. The van der Waals surface area contributed by atoms with E-state index in [1.807, 2.05) is 0 Å². The monoisotopic (exact) mass is 218 g/mol. The molecule has 0 aliphatic heterocycles. The van der Waals surface area contributed by atoms with Gasteiger partial charge in [-0.1, -0.05) is 17.7 Å². The van der Waals surface area contributed by atoms with E-state index < -0.39 is 18.8 Å². The second-order valence-electron chi connectivity index (χ2n) is 2.91. The molecule has 0 spiro atoms. The van der Waals surface area contributed by atoms with Crippen LogP contribution in [-0.2, 0) is 0 Å². The van der Waals surface area contributed by atoms with Crippen LogP contribution in [0.3, 0.4) is 0 Å². The number of aliphatic hydroxyl groups excluding tert-OH is 3. The van der Waals surface area contributed by atoms with E-state index in [0.29, 0.717) is 5.56 Å². The first-order chi connectivity index (χ1) is 6.56. The van der Waals surface area contributed by atoms with Crippen LogP contribution in [0.4, 0.5) is 0 Å². The van der Waals surface area contributed by atoms with E-state index in [9.17, 15) is 5.11 Å². The smallest absolute Gasteiger partial charge is 0.134 e. The second kappa shape index (κ2) is 4.61. The van der Waals surface area contributed by atoms with Gasteiger partial charge in [0.05, 0.1) is 11.6 Å². The predicted octanol–water partition coefficient (Wildman–Crippen LogP) is 0.432. The highest BCUT2D eigenvalue weighted by molar-refractivity contribution is 6.32. The summed E-state index contributed by atoms with van der Waals surface area (Å²) >= 11 is 5.60. The lowest BCUT2D eigenvalue weighted by molar-refractivity contribution is -0.0152. The lowest BCUT2D eigenvalue weighted by atomic mass is 10.0. The zero-order valence-electron chi connectivity index (χ0n) is 7.26. The van der Waals surface area contributed by atoms with Crippen LogP contribution in [0.5, 0.6) is 5.75 Å². The highest BCUT2D eigenvalue weighted by Gasteiger charge is 2.17. The van der Waals surface area contributed by atoms with Gasteiger partial charge in [-0.25, -0.2) is 0 Å². The molecule has 4 nitrogen and oxygen atoms in total. The molecule has 0 bridgehead atoms. The molecule has 0 aromatic heterocycles. The first-order valence-electron chi connectivity index (χ1n) is 4.01. The van der Waals surface area contributed by atoms with E-state index in [4.69, 9.17) is 26.9 Å². The highest BCUT2D eigenvalue weighted by Crippen LogP contribution is 2.27. The number of aliphatic hydroxyl groups is 3. The third-order valence-corrected chi connectivity index (χ3v) is 2.17. The molecule has 0 aliphatic rings. The van der Waals surface area contributed by atoms with Crippen molar-refractivity contribution < 1.29 is 20.4 Å². The summed E-state index contributed by atoms with van der Waals surface area (Å²) in [7, 11) is 0. The average molecular weight is 219 g/mol. The summed E-state index contributed by atoms with van der Waals surface area (Å²) in [5.74, 6) is -0.0962. The zero-order chi connectivity index (χ0) is 10.7. The van der Waals surface area contributed by atoms with Crippen molar-refractivity contribution in [3.63, 3.8) is 0 Å². The molecule has 0 fully saturated rings. The number of phenols is 1. The molecule has 5 heteroatoms. The lowest BCUT2D eigenvalue weighted by Gasteiger charge is -2.16. The minimum atomic E-state index is -1.25. The molecule has 0 saturated carbocycles. The molecule has 14 heavy (non-hydrogen) atoms. The van der Waals surface area contributed by atoms with Crippen molar-refractivity contribution >= 4 is 11.6 Å². The van der Waals surface area contributed by atoms with Gasteiger partial charge < -0.3 is 20.4 Å². The van der Waals surface area contributed by atoms with Gasteiger partial charge in [0.1, 0.15) is 18.0 Å². The third kappa shape index (κ3) is 2.36. The Kier molecular flexibility index (Phi) is 3.71. The van der Waals surface area contributed by atoms with Crippen LogP contribution in [0.1, 0.15) is 11.7 Å². The first-order valence-corrected chi connectivity index (χ1v) is 4.39. The Bertz CT molecular complexity index is 316. The Balaban J connectivity index is 2.91. The minimum Gasteiger partial charge on any atom is -0.506 e. The molecule has 0 aliphatic carbocycles. The molecular weight excluding hydrogens is 208 g/mol. The van der Waals surface area contributed by atoms with Gasteiger partial charge >= 0.3 is 0 Å². The van der Waals surface area contributed by atoms with E-state index in [1.54, 1.807) is 0 Å². The van der Waals surface area contributed by atoms with Crippen LogP contribution in [0.25, 0.3) is 0 Å². The van der Waals surface area contributed by atoms with E-state index in [-0.39, 0.29) is 10.8 Å². The zero-order valence-corrected chi connectivity index (χ0v) is 8.02. The van der Waals surface area contributed by atoms with Gasteiger partial charge in [-0.2, -0.15) is 0 Å². The Hall–Kier alpha value is -0.810. The van der Waals surface area contributed by atoms with E-state index in [0.717, 1.165) is 0 Å². The summed E-state index contributed by atoms with van der Waals surface area (Å²) in [5.41, 5.74) is 0.342. The van der Waals surface area contributed by atoms with Crippen LogP contribution in [-0.4, -0.2) is 33.1 Å². The number of aromatic hydroxyl groups is 1. The standard InChI is InChI=1S/C9H11ClO4/c10-6-3-5(1-2-7(6)12)9(14)8(13)4-11/h1-3,8-9,11-14H,4H2. The third-order valence-electron chi connectivity index (χ3n) is 1.86. The van der Waals surface area contributed by atoms with Crippen LogP contribution in [0, 0.1) is 0 Å². The van der Waals surface area contributed by atoms with Crippen LogP contribution >= 0.6 is 11.6 Å². The molecule has 0 saturated heterocycles. The van der Waals surface area contributed by atoms with Crippen LogP contribution in [0.2, 0.25) is 5.02 Å². The van der Waals surface area contributed by atoms with Gasteiger partial charge in [0.15, 0.2) is 0 Å². The normalized spacial score (nSPS) is 15.1. The van der Waals surface area contributed by atoms with Gasteiger partial charge in [0.25, 0.3) is 0 Å². The largest absolute Gasteiger partial charge is 0.506 e. The topological polar surface area (TPSA) is 80.9 Å². The van der Waals surface area contributed by atoms with Crippen LogP contribution in [0.15, 0.2) is 18.2 Å². The number of phenolic OH excluding ortho intramolecular Hbond substituents is 1. The minimum absolute atomic E-state index is 0.0895. The molecule has 2 atom stereocenters. The van der Waals surface area contributed by atoms with Crippen molar-refractivity contribution in [2.75, 3.05) is 6.61 Å². The predicted molar refractivity (Wildman–Crippen MR) is 51.2 cm³/mol. The molecule has 78 valence electrons. The molecule has 4 N–H and O–H groups in total. The molecule has 1 aromatic rings. The molecule has 1 aromatic carbocycles. The highest BCUT2D eigenvalue weighted by atomic mass is 35.5.